The molecule has 1 unspecified atom stereocenters. The van der Waals surface area contributed by atoms with Crippen molar-refractivity contribution < 1.29 is 9.53 Å². The van der Waals surface area contributed by atoms with Crippen LogP contribution in [0, 0.1) is 5.41 Å². The molecule has 2 saturated heterocycles. The minimum absolute atomic E-state index is 0.0963. The first kappa shape index (κ1) is 19.5. The molecule has 4 rings (SSSR count). The average molecular weight is 414 g/mol. The number of para-hydroxylation sites is 1. The number of anilines is 2. The van der Waals surface area contributed by atoms with Gasteiger partial charge >= 0.3 is 6.03 Å². The molecule has 2 aliphatic rings. The second kappa shape index (κ2) is 8.71. The first-order chi connectivity index (χ1) is 14.1. The maximum Gasteiger partial charge on any atom is 0.330 e. The molecule has 0 radical (unpaired) electrons. The van der Waals surface area contributed by atoms with Crippen molar-refractivity contribution in [3.63, 3.8) is 0 Å². The number of ether oxygens (including phenoxy) is 1. The number of nitrogens with one attached hydrogen (secondary N) is 2. The molecular weight excluding hydrogens is 390 g/mol. The number of nitrogens with zero attached hydrogens (tertiary/aromatic N) is 3. The lowest BCUT2D eigenvalue weighted by Gasteiger charge is -2.36. The van der Waals surface area contributed by atoms with Crippen LogP contribution in [-0.2, 0) is 4.74 Å². The van der Waals surface area contributed by atoms with E-state index in [1.54, 1.807) is 0 Å². The zero-order valence-electron chi connectivity index (χ0n) is 16.1. The van der Waals surface area contributed by atoms with Crippen LogP contribution >= 0.6 is 11.6 Å². The van der Waals surface area contributed by atoms with Crippen molar-refractivity contribution in [3.8, 4) is 0 Å². The van der Waals surface area contributed by atoms with Crippen LogP contribution in [0.2, 0.25) is 5.02 Å². The molecule has 2 aromatic rings. The van der Waals surface area contributed by atoms with E-state index in [1.165, 1.54) is 4.90 Å². The smallest absolute Gasteiger partial charge is 0.330 e. The van der Waals surface area contributed by atoms with E-state index in [9.17, 15) is 4.79 Å². The van der Waals surface area contributed by atoms with Gasteiger partial charge in [0.05, 0.1) is 6.54 Å². The SMILES string of the molecule is N=C1OC(CN2CCN(c3cccc(Cl)c3)CC2)CN1C(=O)Nc1ccccc1. The lowest BCUT2D eigenvalue weighted by Crippen LogP contribution is -2.49. The van der Waals surface area contributed by atoms with E-state index < -0.39 is 0 Å². The number of amides is 2. The second-order valence-electron chi connectivity index (χ2n) is 7.22. The van der Waals surface area contributed by atoms with Gasteiger partial charge in [-0.1, -0.05) is 35.9 Å². The molecule has 0 spiro atoms. The number of hydrogen-bond acceptors (Lipinski definition) is 5. The first-order valence-corrected chi connectivity index (χ1v) is 10.1. The molecule has 8 heteroatoms. The summed E-state index contributed by atoms with van der Waals surface area (Å²) in [6, 6.07) is 16.7. The van der Waals surface area contributed by atoms with Gasteiger partial charge in [-0.2, -0.15) is 0 Å². The molecule has 2 heterocycles. The van der Waals surface area contributed by atoms with Gasteiger partial charge in [0.1, 0.15) is 6.10 Å². The number of rotatable bonds is 4. The van der Waals surface area contributed by atoms with Crippen LogP contribution in [-0.4, -0.2) is 67.2 Å². The zero-order chi connectivity index (χ0) is 20.2. The van der Waals surface area contributed by atoms with Crippen molar-refractivity contribution >= 4 is 35.0 Å². The predicted octanol–water partition coefficient (Wildman–Crippen LogP) is 3.33. The summed E-state index contributed by atoms with van der Waals surface area (Å²) < 4.78 is 5.64. The Bertz CT molecular complexity index is 870. The van der Waals surface area contributed by atoms with Gasteiger partial charge in [0.15, 0.2) is 0 Å². The van der Waals surface area contributed by atoms with Crippen molar-refractivity contribution in [1.82, 2.24) is 9.80 Å². The standard InChI is InChI=1S/C21H24ClN5O2/c22-16-5-4-8-18(13-16)26-11-9-25(10-12-26)14-19-15-27(20(23)29-19)21(28)24-17-6-2-1-3-7-17/h1-8,13,19,23H,9-12,14-15H2,(H,24,28). The number of carbonyl (C=O) groups excluding carboxylic acids is 1. The van der Waals surface area contributed by atoms with Crippen LogP contribution in [0.5, 0.6) is 0 Å². The van der Waals surface area contributed by atoms with Crippen molar-refractivity contribution in [3.05, 3.63) is 59.6 Å². The van der Waals surface area contributed by atoms with Crippen LogP contribution < -0.4 is 10.2 Å². The minimum atomic E-state index is -0.338. The molecule has 0 aromatic heterocycles. The van der Waals surface area contributed by atoms with Crippen LogP contribution in [0.4, 0.5) is 16.2 Å². The van der Waals surface area contributed by atoms with Crippen LogP contribution in [0.3, 0.4) is 0 Å². The predicted molar refractivity (Wildman–Crippen MR) is 115 cm³/mol. The molecule has 152 valence electrons. The van der Waals surface area contributed by atoms with Gasteiger partial charge in [-0.05, 0) is 30.3 Å². The van der Waals surface area contributed by atoms with Crippen molar-refractivity contribution in [2.24, 2.45) is 0 Å². The Labute approximate surface area is 175 Å². The molecule has 2 N–H and O–H groups in total. The number of amidine groups is 1. The molecule has 2 fully saturated rings. The van der Waals surface area contributed by atoms with Gasteiger partial charge in [-0.25, -0.2) is 9.69 Å². The van der Waals surface area contributed by atoms with Crippen LogP contribution in [0.1, 0.15) is 0 Å². The summed E-state index contributed by atoms with van der Waals surface area (Å²) in [4.78, 5) is 18.4. The van der Waals surface area contributed by atoms with E-state index in [-0.39, 0.29) is 18.2 Å². The first-order valence-electron chi connectivity index (χ1n) is 9.70. The normalized spacial score (nSPS) is 19.9. The largest absolute Gasteiger partial charge is 0.458 e. The Morgan fingerprint density at radius 1 is 1.10 bits per heavy atom. The number of carbonyl (C=O) groups is 1. The Morgan fingerprint density at radius 3 is 2.59 bits per heavy atom. The Kier molecular flexibility index (Phi) is 5.87. The highest BCUT2D eigenvalue weighted by molar-refractivity contribution is 6.30. The van der Waals surface area contributed by atoms with Crippen LogP contribution in [0.25, 0.3) is 0 Å². The van der Waals surface area contributed by atoms with E-state index in [1.807, 2.05) is 48.5 Å². The fourth-order valence-corrected chi connectivity index (χ4v) is 3.86. The molecular formula is C21H24ClN5O2. The van der Waals surface area contributed by atoms with E-state index in [2.05, 4.69) is 21.2 Å². The number of urea groups is 1. The number of benzene rings is 2. The number of piperazine rings is 1. The summed E-state index contributed by atoms with van der Waals surface area (Å²) >= 11 is 6.10. The van der Waals surface area contributed by atoms with Gasteiger partial charge in [-0.15, -0.1) is 0 Å². The summed E-state index contributed by atoms with van der Waals surface area (Å²) in [5, 5.41) is 11.6. The highest BCUT2D eigenvalue weighted by Gasteiger charge is 2.34. The Hall–Kier alpha value is -2.77. The quantitative estimate of drug-likeness (QED) is 0.806. The van der Waals surface area contributed by atoms with Crippen molar-refractivity contribution in [2.45, 2.75) is 6.10 Å². The molecule has 7 nitrogen and oxygen atoms in total. The molecule has 0 saturated carbocycles. The third-order valence-electron chi connectivity index (χ3n) is 5.19. The summed E-state index contributed by atoms with van der Waals surface area (Å²) in [6.45, 7) is 4.68. The molecule has 2 aliphatic heterocycles. The van der Waals surface area contributed by atoms with Crippen LogP contribution in [0.15, 0.2) is 54.6 Å². The van der Waals surface area contributed by atoms with E-state index >= 15 is 0 Å². The third kappa shape index (κ3) is 4.81. The third-order valence-corrected chi connectivity index (χ3v) is 5.42. The van der Waals surface area contributed by atoms with E-state index in [4.69, 9.17) is 21.7 Å². The van der Waals surface area contributed by atoms with E-state index in [0.717, 1.165) is 36.9 Å². The van der Waals surface area contributed by atoms with E-state index in [0.29, 0.717) is 18.8 Å². The maximum absolute atomic E-state index is 12.5. The second-order valence-corrected chi connectivity index (χ2v) is 7.66. The topological polar surface area (TPSA) is 71.9 Å². The number of hydrogen-bond donors (Lipinski definition) is 2. The Morgan fingerprint density at radius 2 is 1.86 bits per heavy atom. The highest BCUT2D eigenvalue weighted by Crippen LogP contribution is 2.21. The van der Waals surface area contributed by atoms with Gasteiger partial charge in [0.25, 0.3) is 6.02 Å². The lowest BCUT2D eigenvalue weighted by molar-refractivity contribution is 0.142. The Balaban J connectivity index is 1.27. The van der Waals surface area contributed by atoms with Gasteiger partial charge < -0.3 is 15.0 Å². The summed E-state index contributed by atoms with van der Waals surface area (Å²) in [5.74, 6) is 0. The summed E-state index contributed by atoms with van der Waals surface area (Å²) in [7, 11) is 0. The molecule has 0 bridgehead atoms. The van der Waals surface area contributed by atoms with Gasteiger partial charge in [0, 0.05) is 49.1 Å². The minimum Gasteiger partial charge on any atom is -0.458 e. The summed E-state index contributed by atoms with van der Waals surface area (Å²) in [6.07, 6.45) is -0.193. The fourth-order valence-electron chi connectivity index (χ4n) is 3.68. The molecule has 2 amide bonds. The highest BCUT2D eigenvalue weighted by atomic mass is 35.5. The average Bonchev–Trinajstić information content (AvgIpc) is 3.09. The van der Waals surface area contributed by atoms with Crippen molar-refractivity contribution in [2.75, 3.05) is 49.5 Å². The number of halogens is 1. The van der Waals surface area contributed by atoms with Gasteiger partial charge in [-0.3, -0.25) is 10.3 Å². The molecule has 29 heavy (non-hydrogen) atoms. The fraction of sp³-hybridized carbons (Fsp3) is 0.333. The maximum atomic E-state index is 12.5. The monoisotopic (exact) mass is 413 g/mol. The summed E-state index contributed by atoms with van der Waals surface area (Å²) in [5.41, 5.74) is 1.84. The zero-order valence-corrected chi connectivity index (χ0v) is 16.8. The molecule has 0 aliphatic carbocycles. The lowest BCUT2D eigenvalue weighted by atomic mass is 10.2. The molecule has 2 aromatic carbocycles. The van der Waals surface area contributed by atoms with Gasteiger partial charge in [0.2, 0.25) is 0 Å². The van der Waals surface area contributed by atoms with Crippen molar-refractivity contribution in [1.29, 1.82) is 5.41 Å². The molecule has 1 atom stereocenters.